The molecule has 0 saturated carbocycles. The van der Waals surface area contributed by atoms with Gasteiger partial charge in [-0.3, -0.25) is 4.79 Å². The molecule has 2 aromatic rings. The van der Waals surface area contributed by atoms with Crippen LogP contribution in [0, 0.1) is 5.92 Å². The van der Waals surface area contributed by atoms with Crippen molar-refractivity contribution < 1.29 is 14.3 Å². The highest BCUT2D eigenvalue weighted by atomic mass is 35.5. The maximum absolute atomic E-state index is 12.3. The summed E-state index contributed by atoms with van der Waals surface area (Å²) < 4.78 is 10.7. The molecule has 25 heavy (non-hydrogen) atoms. The monoisotopic (exact) mass is 361 g/mol. The molecular weight excluding hydrogens is 338 g/mol. The quantitative estimate of drug-likeness (QED) is 0.745. The first-order chi connectivity index (χ1) is 12.0. The average molecular weight is 362 g/mol. The number of amides is 1. The van der Waals surface area contributed by atoms with Gasteiger partial charge in [0.1, 0.15) is 11.5 Å². The molecule has 0 heterocycles. The zero-order chi connectivity index (χ0) is 18.2. The van der Waals surface area contributed by atoms with Crippen molar-refractivity contribution in [3.8, 4) is 11.5 Å². The van der Waals surface area contributed by atoms with Gasteiger partial charge in [-0.1, -0.05) is 49.7 Å². The molecule has 1 atom stereocenters. The summed E-state index contributed by atoms with van der Waals surface area (Å²) in [7, 11) is 1.63. The van der Waals surface area contributed by atoms with Gasteiger partial charge in [-0.15, -0.1) is 0 Å². The number of ether oxygens (including phenoxy) is 2. The number of methoxy groups -OCH3 is 1. The number of benzene rings is 2. The predicted molar refractivity (Wildman–Crippen MR) is 100 cm³/mol. The molecule has 0 aromatic heterocycles. The van der Waals surface area contributed by atoms with Gasteiger partial charge in [-0.2, -0.15) is 0 Å². The zero-order valence-electron chi connectivity index (χ0n) is 14.8. The van der Waals surface area contributed by atoms with Crippen molar-refractivity contribution in [1.82, 2.24) is 5.32 Å². The summed E-state index contributed by atoms with van der Waals surface area (Å²) >= 11 is 6.04. The number of hydrogen-bond acceptors (Lipinski definition) is 3. The maximum atomic E-state index is 12.3. The van der Waals surface area contributed by atoms with Gasteiger partial charge in [0.2, 0.25) is 0 Å². The average Bonchev–Trinajstić information content (AvgIpc) is 2.60. The van der Waals surface area contributed by atoms with E-state index in [0.29, 0.717) is 16.7 Å². The molecule has 0 fully saturated rings. The molecule has 0 radical (unpaired) electrons. The molecule has 0 aliphatic rings. The Kier molecular flexibility index (Phi) is 7.14. The summed E-state index contributed by atoms with van der Waals surface area (Å²) in [6, 6.07) is 14.8. The van der Waals surface area contributed by atoms with Crippen LogP contribution < -0.4 is 14.8 Å². The Morgan fingerprint density at radius 2 is 1.80 bits per heavy atom. The van der Waals surface area contributed by atoms with Gasteiger partial charge in [0.15, 0.2) is 6.61 Å². The van der Waals surface area contributed by atoms with Gasteiger partial charge >= 0.3 is 0 Å². The van der Waals surface area contributed by atoms with Crippen molar-refractivity contribution in [1.29, 1.82) is 0 Å². The van der Waals surface area contributed by atoms with Crippen LogP contribution in [0.2, 0.25) is 5.02 Å². The Hall–Kier alpha value is -2.20. The third-order valence-electron chi connectivity index (χ3n) is 3.76. The van der Waals surface area contributed by atoms with Crippen LogP contribution >= 0.6 is 11.6 Å². The number of carbonyl (C=O) groups is 1. The fraction of sp³-hybridized carbons (Fsp3) is 0.350. The molecule has 0 unspecified atom stereocenters. The van der Waals surface area contributed by atoms with Crippen molar-refractivity contribution in [3.63, 3.8) is 0 Å². The van der Waals surface area contributed by atoms with Crippen LogP contribution in [-0.4, -0.2) is 19.6 Å². The van der Waals surface area contributed by atoms with Gasteiger partial charge in [0.05, 0.1) is 18.2 Å². The van der Waals surface area contributed by atoms with E-state index in [1.54, 1.807) is 19.2 Å². The minimum atomic E-state index is -0.179. The molecule has 134 valence electrons. The van der Waals surface area contributed by atoms with Crippen LogP contribution in [0.3, 0.4) is 0 Å². The predicted octanol–water partition coefficient (Wildman–Crippen LogP) is 4.63. The summed E-state index contributed by atoms with van der Waals surface area (Å²) in [5.74, 6) is 1.56. The normalized spacial score (nSPS) is 11.9. The van der Waals surface area contributed by atoms with Crippen molar-refractivity contribution in [2.75, 3.05) is 13.7 Å². The van der Waals surface area contributed by atoms with Crippen LogP contribution in [-0.2, 0) is 4.79 Å². The zero-order valence-corrected chi connectivity index (χ0v) is 15.5. The molecule has 0 spiro atoms. The molecule has 1 N–H and O–H groups in total. The van der Waals surface area contributed by atoms with E-state index in [1.165, 1.54) is 0 Å². The summed E-state index contributed by atoms with van der Waals surface area (Å²) in [4.78, 5) is 12.3. The van der Waals surface area contributed by atoms with Gasteiger partial charge in [-0.25, -0.2) is 0 Å². The second kappa shape index (κ2) is 9.33. The highest BCUT2D eigenvalue weighted by molar-refractivity contribution is 6.32. The summed E-state index contributed by atoms with van der Waals surface area (Å²) in [5.41, 5.74) is 1.04. The van der Waals surface area contributed by atoms with Crippen LogP contribution in [0.5, 0.6) is 11.5 Å². The molecular formula is C20H24ClNO3. The van der Waals surface area contributed by atoms with Crippen molar-refractivity contribution in [3.05, 3.63) is 59.1 Å². The topological polar surface area (TPSA) is 47.6 Å². The van der Waals surface area contributed by atoms with E-state index in [9.17, 15) is 4.79 Å². The first-order valence-corrected chi connectivity index (χ1v) is 8.68. The molecule has 0 saturated heterocycles. The standard InChI is InChI=1S/C20H24ClNO3/c1-14(2)12-18(15-8-10-16(24-3)11-9-15)22-20(23)13-25-19-7-5-4-6-17(19)21/h4-11,14,18H,12-13H2,1-3H3,(H,22,23)/t18-/m1/s1. The number of hydrogen-bond donors (Lipinski definition) is 1. The highest BCUT2D eigenvalue weighted by Gasteiger charge is 2.17. The number of nitrogens with one attached hydrogen (secondary N) is 1. The van der Waals surface area contributed by atoms with Crippen molar-refractivity contribution in [2.24, 2.45) is 5.92 Å². The lowest BCUT2D eigenvalue weighted by atomic mass is 9.97. The van der Waals surface area contributed by atoms with E-state index >= 15 is 0 Å². The first kappa shape index (κ1) is 19.1. The summed E-state index contributed by atoms with van der Waals surface area (Å²) in [6.45, 7) is 4.18. The smallest absolute Gasteiger partial charge is 0.258 e. The number of rotatable bonds is 8. The van der Waals surface area contributed by atoms with E-state index in [-0.39, 0.29) is 18.6 Å². The molecule has 0 bridgehead atoms. The second-order valence-corrected chi connectivity index (χ2v) is 6.65. The largest absolute Gasteiger partial charge is 0.497 e. The van der Waals surface area contributed by atoms with Gasteiger partial charge < -0.3 is 14.8 Å². The summed E-state index contributed by atoms with van der Waals surface area (Å²) in [6.07, 6.45) is 0.837. The summed E-state index contributed by atoms with van der Waals surface area (Å²) in [5, 5.41) is 3.53. The molecule has 2 rings (SSSR count). The van der Waals surface area contributed by atoms with Crippen LogP contribution in [0.15, 0.2) is 48.5 Å². The Labute approximate surface area is 154 Å². The van der Waals surface area contributed by atoms with Crippen LogP contribution in [0.1, 0.15) is 31.9 Å². The fourth-order valence-electron chi connectivity index (χ4n) is 2.53. The van der Waals surface area contributed by atoms with Gasteiger partial charge in [0, 0.05) is 0 Å². The third-order valence-corrected chi connectivity index (χ3v) is 4.07. The van der Waals surface area contributed by atoms with Crippen molar-refractivity contribution >= 4 is 17.5 Å². The maximum Gasteiger partial charge on any atom is 0.258 e. The fourth-order valence-corrected chi connectivity index (χ4v) is 2.72. The van der Waals surface area contributed by atoms with Crippen LogP contribution in [0.25, 0.3) is 0 Å². The minimum absolute atomic E-state index is 0.0749. The lowest BCUT2D eigenvalue weighted by Gasteiger charge is -2.21. The SMILES string of the molecule is COc1ccc([C@@H](CC(C)C)NC(=O)COc2ccccc2Cl)cc1. The third kappa shape index (κ3) is 5.98. The molecule has 0 aliphatic carbocycles. The molecule has 4 nitrogen and oxygen atoms in total. The molecule has 5 heteroatoms. The minimum Gasteiger partial charge on any atom is -0.497 e. The lowest BCUT2D eigenvalue weighted by Crippen LogP contribution is -2.33. The van der Waals surface area contributed by atoms with E-state index in [2.05, 4.69) is 19.2 Å². The van der Waals surface area contributed by atoms with Crippen molar-refractivity contribution in [2.45, 2.75) is 26.3 Å². The number of para-hydroxylation sites is 1. The van der Waals surface area contributed by atoms with E-state index in [0.717, 1.165) is 17.7 Å². The molecule has 0 aliphatic heterocycles. The Balaban J connectivity index is 2.00. The van der Waals surface area contributed by atoms with Gasteiger partial charge in [-0.05, 0) is 42.2 Å². The number of carbonyl (C=O) groups excluding carboxylic acids is 1. The second-order valence-electron chi connectivity index (χ2n) is 6.24. The Morgan fingerprint density at radius 3 is 2.40 bits per heavy atom. The Bertz CT molecular complexity index is 686. The first-order valence-electron chi connectivity index (χ1n) is 8.30. The lowest BCUT2D eigenvalue weighted by molar-refractivity contribution is -0.124. The number of halogens is 1. The highest BCUT2D eigenvalue weighted by Crippen LogP contribution is 2.25. The van der Waals surface area contributed by atoms with E-state index < -0.39 is 0 Å². The van der Waals surface area contributed by atoms with Crippen LogP contribution in [0.4, 0.5) is 0 Å². The van der Waals surface area contributed by atoms with E-state index in [1.807, 2.05) is 36.4 Å². The van der Waals surface area contributed by atoms with Gasteiger partial charge in [0.25, 0.3) is 5.91 Å². The molecule has 2 aromatic carbocycles. The Morgan fingerprint density at radius 1 is 1.12 bits per heavy atom. The molecule has 1 amide bonds. The van der Waals surface area contributed by atoms with E-state index in [4.69, 9.17) is 21.1 Å².